The molecule has 6 heteroatoms. The van der Waals surface area contributed by atoms with Crippen molar-refractivity contribution in [3.05, 3.63) is 54.0 Å². The number of amides is 1. The number of carbonyl (C=O) groups excluding carboxylic acids is 1. The van der Waals surface area contributed by atoms with Gasteiger partial charge in [0.1, 0.15) is 5.82 Å². The van der Waals surface area contributed by atoms with Crippen LogP contribution < -0.4 is 11.1 Å². The summed E-state index contributed by atoms with van der Waals surface area (Å²) < 4.78 is 14.9. The first-order chi connectivity index (χ1) is 13.0. The molecule has 1 fully saturated rings. The number of nitrogens with zero attached hydrogens (tertiary/aromatic N) is 2. The van der Waals surface area contributed by atoms with Crippen LogP contribution >= 0.6 is 0 Å². The molecule has 134 valence electrons. The lowest BCUT2D eigenvalue weighted by molar-refractivity contribution is -0.117. The highest BCUT2D eigenvalue weighted by Crippen LogP contribution is 2.39. The monoisotopic (exact) mass is 360 g/mol. The van der Waals surface area contributed by atoms with E-state index in [1.807, 2.05) is 31.2 Å². The molecule has 3 aromatic rings. The minimum absolute atomic E-state index is 0.0304. The Kier molecular flexibility index (Phi) is 4.00. The molecule has 3 N–H and O–H groups in total. The molecule has 0 radical (unpaired) electrons. The summed E-state index contributed by atoms with van der Waals surface area (Å²) in [6.45, 7) is 1.91. The van der Waals surface area contributed by atoms with Crippen molar-refractivity contribution in [2.75, 3.05) is 11.1 Å². The van der Waals surface area contributed by atoms with Crippen LogP contribution in [0.1, 0.15) is 12.0 Å². The fourth-order valence-corrected chi connectivity index (χ4v) is 3.28. The first-order valence-corrected chi connectivity index (χ1v) is 8.64. The third-order valence-electron chi connectivity index (χ3n) is 4.98. The van der Waals surface area contributed by atoms with E-state index >= 15 is 0 Å². The number of anilines is 2. The summed E-state index contributed by atoms with van der Waals surface area (Å²) in [6, 6.07) is 13.0. The van der Waals surface area contributed by atoms with Crippen LogP contribution in [0.5, 0.6) is 0 Å². The van der Waals surface area contributed by atoms with Gasteiger partial charge in [-0.2, -0.15) is 5.26 Å². The topological polar surface area (TPSA) is 91.8 Å². The molecule has 1 heterocycles. The molecular formula is C21H17FN4O. The number of carbonyl (C=O) groups is 1. The van der Waals surface area contributed by atoms with E-state index in [2.05, 4.69) is 16.4 Å². The van der Waals surface area contributed by atoms with Gasteiger partial charge in [-0.05, 0) is 42.0 Å². The quantitative estimate of drug-likeness (QED) is 0.690. The molecule has 1 aromatic heterocycles. The van der Waals surface area contributed by atoms with Gasteiger partial charge >= 0.3 is 0 Å². The molecule has 0 bridgehead atoms. The number of nitrogens with two attached hydrogens (primary N) is 1. The number of halogens is 1. The predicted octanol–water partition coefficient (Wildman–Crippen LogP) is 4.03. The second kappa shape index (κ2) is 6.36. The Labute approximate surface area is 155 Å². The summed E-state index contributed by atoms with van der Waals surface area (Å²) in [5.41, 5.74) is 8.16. The highest BCUT2D eigenvalue weighted by molar-refractivity contribution is 6.00. The number of hydrogen-bond donors (Lipinski definition) is 2. The van der Waals surface area contributed by atoms with E-state index in [0.29, 0.717) is 28.6 Å². The molecule has 27 heavy (non-hydrogen) atoms. The number of benzene rings is 2. The minimum Gasteiger partial charge on any atom is -0.396 e. The standard InChI is InChI=1S/C21H17FN4O/c1-11-4-2-3-5-14(11)16-6-12-8-18(25-10-17(12)20(24)19(16)22)26-21(27)15-7-13(15)9-23/h2-6,8,10,13,15H,7,24H2,1H3,(H,25,26,27)/t13-,15+/m1/s1. The maximum Gasteiger partial charge on any atom is 0.230 e. The zero-order chi connectivity index (χ0) is 19.1. The number of nitriles is 1. The third kappa shape index (κ3) is 2.97. The number of nitrogens with one attached hydrogen (secondary N) is 1. The van der Waals surface area contributed by atoms with Crippen molar-refractivity contribution in [2.24, 2.45) is 11.8 Å². The largest absolute Gasteiger partial charge is 0.396 e. The number of fused-ring (bicyclic) bond motifs is 1. The molecule has 0 aliphatic heterocycles. The zero-order valence-electron chi connectivity index (χ0n) is 14.7. The van der Waals surface area contributed by atoms with Gasteiger partial charge in [-0.3, -0.25) is 4.79 Å². The SMILES string of the molecule is Cc1ccccc1-c1cc2cc(NC(=O)[C@H]3C[C@@H]3C#N)ncc2c(N)c1F. The zero-order valence-corrected chi connectivity index (χ0v) is 14.7. The number of pyridine rings is 1. The van der Waals surface area contributed by atoms with Crippen LogP contribution in [0.2, 0.25) is 0 Å². The molecule has 2 aromatic carbocycles. The van der Waals surface area contributed by atoms with Gasteiger partial charge in [0.25, 0.3) is 0 Å². The van der Waals surface area contributed by atoms with Crippen molar-refractivity contribution >= 4 is 28.2 Å². The lowest BCUT2D eigenvalue weighted by atomic mass is 9.96. The second-order valence-electron chi connectivity index (χ2n) is 6.82. The van der Waals surface area contributed by atoms with Gasteiger partial charge in [-0.1, -0.05) is 24.3 Å². The van der Waals surface area contributed by atoms with Crippen LogP contribution in [-0.2, 0) is 4.79 Å². The first kappa shape index (κ1) is 17.0. The molecule has 1 aliphatic carbocycles. The molecule has 5 nitrogen and oxygen atoms in total. The predicted molar refractivity (Wildman–Crippen MR) is 102 cm³/mol. The van der Waals surface area contributed by atoms with Crippen molar-refractivity contribution in [2.45, 2.75) is 13.3 Å². The van der Waals surface area contributed by atoms with Crippen molar-refractivity contribution in [3.8, 4) is 17.2 Å². The van der Waals surface area contributed by atoms with E-state index in [9.17, 15) is 9.18 Å². The lowest BCUT2D eigenvalue weighted by Gasteiger charge is -2.13. The highest BCUT2D eigenvalue weighted by Gasteiger charge is 2.43. The number of hydrogen-bond acceptors (Lipinski definition) is 4. The van der Waals surface area contributed by atoms with Gasteiger partial charge in [0.05, 0.1) is 23.6 Å². The second-order valence-corrected chi connectivity index (χ2v) is 6.82. The van der Waals surface area contributed by atoms with Crippen LogP contribution in [0.25, 0.3) is 21.9 Å². The van der Waals surface area contributed by atoms with E-state index in [0.717, 1.165) is 11.1 Å². The number of aromatic nitrogens is 1. The molecular weight excluding hydrogens is 343 g/mol. The summed E-state index contributed by atoms with van der Waals surface area (Å²) >= 11 is 0. The Balaban J connectivity index is 1.75. The number of rotatable bonds is 3. The summed E-state index contributed by atoms with van der Waals surface area (Å²) in [5.74, 6) is -0.846. The van der Waals surface area contributed by atoms with Crippen LogP contribution in [0.4, 0.5) is 15.9 Å². The molecule has 1 amide bonds. The number of aryl methyl sites for hydroxylation is 1. The normalized spacial score (nSPS) is 18.1. The van der Waals surface area contributed by atoms with E-state index in [-0.39, 0.29) is 23.4 Å². The Morgan fingerprint density at radius 1 is 1.33 bits per heavy atom. The van der Waals surface area contributed by atoms with Crippen molar-refractivity contribution in [1.29, 1.82) is 5.26 Å². The number of nitrogen functional groups attached to an aromatic ring is 1. The van der Waals surface area contributed by atoms with Crippen molar-refractivity contribution < 1.29 is 9.18 Å². The van der Waals surface area contributed by atoms with Gasteiger partial charge in [0, 0.05) is 17.1 Å². The van der Waals surface area contributed by atoms with Gasteiger partial charge < -0.3 is 11.1 Å². The fourth-order valence-electron chi connectivity index (χ4n) is 3.28. The average Bonchev–Trinajstić information content (AvgIpc) is 3.45. The third-order valence-corrected chi connectivity index (χ3v) is 4.98. The molecule has 0 spiro atoms. The van der Waals surface area contributed by atoms with E-state index in [1.165, 1.54) is 6.20 Å². The van der Waals surface area contributed by atoms with Gasteiger partial charge in [-0.15, -0.1) is 0 Å². The minimum atomic E-state index is -0.481. The molecule has 0 saturated heterocycles. The highest BCUT2D eigenvalue weighted by atomic mass is 19.1. The maximum atomic E-state index is 14.9. The van der Waals surface area contributed by atoms with Gasteiger partial charge in [-0.25, -0.2) is 9.37 Å². The smallest absolute Gasteiger partial charge is 0.230 e. The Morgan fingerprint density at radius 3 is 2.81 bits per heavy atom. The van der Waals surface area contributed by atoms with Crippen LogP contribution in [0.3, 0.4) is 0 Å². The Hall–Kier alpha value is -3.46. The molecule has 2 atom stereocenters. The Bertz CT molecular complexity index is 1120. The van der Waals surface area contributed by atoms with E-state index in [4.69, 9.17) is 11.0 Å². The summed E-state index contributed by atoms with van der Waals surface area (Å²) in [4.78, 5) is 16.3. The van der Waals surface area contributed by atoms with Gasteiger partial charge in [0.2, 0.25) is 5.91 Å². The molecule has 4 rings (SSSR count). The van der Waals surface area contributed by atoms with E-state index in [1.54, 1.807) is 12.1 Å². The summed E-state index contributed by atoms with van der Waals surface area (Å²) in [5, 5.41) is 12.8. The van der Waals surface area contributed by atoms with Crippen LogP contribution in [-0.4, -0.2) is 10.9 Å². The lowest BCUT2D eigenvalue weighted by Crippen LogP contribution is -2.15. The van der Waals surface area contributed by atoms with Crippen molar-refractivity contribution in [1.82, 2.24) is 4.98 Å². The maximum absolute atomic E-state index is 14.9. The Morgan fingerprint density at radius 2 is 2.11 bits per heavy atom. The molecule has 1 saturated carbocycles. The fraction of sp³-hybridized carbons (Fsp3) is 0.190. The van der Waals surface area contributed by atoms with Gasteiger partial charge in [0.15, 0.2) is 5.82 Å². The molecule has 0 unspecified atom stereocenters. The summed E-state index contributed by atoms with van der Waals surface area (Å²) in [7, 11) is 0. The average molecular weight is 360 g/mol. The first-order valence-electron chi connectivity index (χ1n) is 8.64. The summed E-state index contributed by atoms with van der Waals surface area (Å²) in [6.07, 6.45) is 2.03. The van der Waals surface area contributed by atoms with Crippen LogP contribution in [0, 0.1) is 35.9 Å². The van der Waals surface area contributed by atoms with Crippen molar-refractivity contribution in [3.63, 3.8) is 0 Å². The van der Waals surface area contributed by atoms with E-state index < -0.39 is 5.82 Å². The van der Waals surface area contributed by atoms with Crippen LogP contribution in [0.15, 0.2) is 42.6 Å². The molecule has 1 aliphatic rings.